The van der Waals surface area contributed by atoms with E-state index < -0.39 is 0 Å². The van der Waals surface area contributed by atoms with Gasteiger partial charge < -0.3 is 4.74 Å². The van der Waals surface area contributed by atoms with Gasteiger partial charge in [-0.15, -0.1) is 0 Å². The Hall–Kier alpha value is -0.280. The molecule has 0 atom stereocenters. The van der Waals surface area contributed by atoms with Crippen molar-refractivity contribution >= 4 is 21.6 Å². The van der Waals surface area contributed by atoms with Crippen LogP contribution in [0.5, 0.6) is 5.75 Å². The van der Waals surface area contributed by atoms with Crippen LogP contribution in [0.15, 0.2) is 29.2 Å². The van der Waals surface area contributed by atoms with E-state index in [1.165, 1.54) is 4.90 Å². The highest BCUT2D eigenvalue weighted by Gasteiger charge is 1.92. The number of hydrogen-bond acceptors (Lipinski definition) is 3. The summed E-state index contributed by atoms with van der Waals surface area (Å²) in [5.74, 6) is 0.912. The van der Waals surface area contributed by atoms with Crippen LogP contribution < -0.4 is 4.74 Å². The average molecular weight is 186 g/mol. The fourth-order valence-corrected chi connectivity index (χ4v) is 2.08. The minimum Gasteiger partial charge on any atom is -0.497 e. The van der Waals surface area contributed by atoms with E-state index in [0.29, 0.717) is 0 Å². The van der Waals surface area contributed by atoms with Gasteiger partial charge in [-0.25, -0.2) is 0 Å². The molecule has 0 saturated carbocycles. The summed E-state index contributed by atoms with van der Waals surface area (Å²) in [6, 6.07) is 8.05. The Labute approximate surface area is 74.9 Å². The van der Waals surface area contributed by atoms with Gasteiger partial charge in [0.1, 0.15) is 5.75 Å². The van der Waals surface area contributed by atoms with Crippen molar-refractivity contribution in [1.82, 2.24) is 0 Å². The van der Waals surface area contributed by atoms with E-state index in [1.807, 2.05) is 12.1 Å². The summed E-state index contributed by atoms with van der Waals surface area (Å²) in [6.45, 7) is 0. The van der Waals surface area contributed by atoms with Gasteiger partial charge in [-0.1, -0.05) is 21.6 Å². The Morgan fingerprint density at radius 2 is 1.82 bits per heavy atom. The van der Waals surface area contributed by atoms with E-state index in [0.717, 1.165) is 5.75 Å². The third kappa shape index (κ3) is 2.67. The summed E-state index contributed by atoms with van der Waals surface area (Å²) in [4.78, 5) is 1.26. The smallest absolute Gasteiger partial charge is 0.118 e. The maximum Gasteiger partial charge on any atom is 0.118 e. The number of rotatable bonds is 3. The molecule has 1 nitrogen and oxygen atoms in total. The standard InChI is InChI=1S/C8H10OS2/c1-9-7-3-5-8(6-4-7)11-10-2/h3-6H,1-2H3. The zero-order valence-corrected chi connectivity index (χ0v) is 8.17. The van der Waals surface area contributed by atoms with Crippen LogP contribution in [-0.4, -0.2) is 13.4 Å². The maximum absolute atomic E-state index is 5.03. The average Bonchev–Trinajstić information content (AvgIpc) is 2.07. The molecule has 0 amide bonds. The van der Waals surface area contributed by atoms with E-state index in [4.69, 9.17) is 4.74 Å². The number of ether oxygens (including phenoxy) is 1. The van der Waals surface area contributed by atoms with Crippen molar-refractivity contribution in [2.45, 2.75) is 4.90 Å². The monoisotopic (exact) mass is 186 g/mol. The molecule has 0 saturated heterocycles. The number of methoxy groups -OCH3 is 1. The van der Waals surface area contributed by atoms with Gasteiger partial charge in [0.15, 0.2) is 0 Å². The van der Waals surface area contributed by atoms with Crippen molar-refractivity contribution < 1.29 is 4.74 Å². The summed E-state index contributed by atoms with van der Waals surface area (Å²) in [5.41, 5.74) is 0. The van der Waals surface area contributed by atoms with Crippen molar-refractivity contribution in [2.75, 3.05) is 13.4 Å². The van der Waals surface area contributed by atoms with Crippen LogP contribution in [0.25, 0.3) is 0 Å². The molecule has 0 aliphatic carbocycles. The molecule has 0 spiro atoms. The molecule has 0 aliphatic heterocycles. The molecule has 0 aromatic heterocycles. The van der Waals surface area contributed by atoms with E-state index in [-0.39, 0.29) is 0 Å². The minimum atomic E-state index is 0.912. The minimum absolute atomic E-state index is 0.912. The first-order chi connectivity index (χ1) is 5.36. The van der Waals surface area contributed by atoms with Crippen LogP contribution >= 0.6 is 21.6 Å². The molecule has 0 fully saturated rings. The van der Waals surface area contributed by atoms with Crippen molar-refractivity contribution in [3.8, 4) is 5.75 Å². The molecule has 1 aromatic rings. The first-order valence-corrected chi connectivity index (χ1v) is 5.77. The summed E-state index contributed by atoms with van der Waals surface area (Å²) < 4.78 is 5.03. The van der Waals surface area contributed by atoms with Gasteiger partial charge in [0.05, 0.1) is 7.11 Å². The lowest BCUT2D eigenvalue weighted by atomic mass is 10.3. The summed E-state index contributed by atoms with van der Waals surface area (Å²) in [7, 11) is 5.18. The quantitative estimate of drug-likeness (QED) is 0.671. The molecule has 0 bridgehead atoms. The molecular weight excluding hydrogens is 176 g/mol. The third-order valence-corrected chi connectivity index (χ3v) is 2.95. The summed E-state index contributed by atoms with van der Waals surface area (Å²) in [6.07, 6.45) is 2.06. The Kier molecular flexibility index (Phi) is 3.66. The molecule has 0 radical (unpaired) electrons. The van der Waals surface area contributed by atoms with Gasteiger partial charge in [0, 0.05) is 4.90 Å². The molecule has 1 rings (SSSR count). The highest BCUT2D eigenvalue weighted by molar-refractivity contribution is 8.76. The van der Waals surface area contributed by atoms with Gasteiger partial charge in [0.25, 0.3) is 0 Å². The summed E-state index contributed by atoms with van der Waals surface area (Å²) in [5, 5.41) is 0. The topological polar surface area (TPSA) is 9.23 Å². The number of hydrogen-bond donors (Lipinski definition) is 0. The lowest BCUT2D eigenvalue weighted by Crippen LogP contribution is -1.80. The molecule has 60 valence electrons. The largest absolute Gasteiger partial charge is 0.497 e. The second-order valence-electron chi connectivity index (χ2n) is 1.93. The van der Waals surface area contributed by atoms with Crippen LogP contribution in [0.2, 0.25) is 0 Å². The summed E-state index contributed by atoms with van der Waals surface area (Å²) >= 11 is 0. The molecular formula is C8H10OS2. The maximum atomic E-state index is 5.03. The molecule has 11 heavy (non-hydrogen) atoms. The predicted octanol–water partition coefficient (Wildman–Crippen LogP) is 3.07. The zero-order valence-electron chi connectivity index (χ0n) is 6.53. The lowest BCUT2D eigenvalue weighted by Gasteiger charge is -1.99. The normalized spacial score (nSPS) is 9.64. The molecule has 0 unspecified atom stereocenters. The molecule has 0 N–H and O–H groups in total. The van der Waals surface area contributed by atoms with Crippen LogP contribution in [0.1, 0.15) is 0 Å². The van der Waals surface area contributed by atoms with E-state index in [1.54, 1.807) is 28.7 Å². The number of benzene rings is 1. The molecule has 1 aromatic carbocycles. The highest BCUT2D eigenvalue weighted by atomic mass is 33.1. The van der Waals surface area contributed by atoms with Gasteiger partial charge in [-0.05, 0) is 30.5 Å². The fraction of sp³-hybridized carbons (Fsp3) is 0.250. The highest BCUT2D eigenvalue weighted by Crippen LogP contribution is 2.29. The predicted molar refractivity (Wildman–Crippen MR) is 52.4 cm³/mol. The van der Waals surface area contributed by atoms with Crippen molar-refractivity contribution in [3.05, 3.63) is 24.3 Å². The first kappa shape index (κ1) is 8.81. The van der Waals surface area contributed by atoms with Crippen molar-refractivity contribution in [1.29, 1.82) is 0 Å². The van der Waals surface area contributed by atoms with Crippen molar-refractivity contribution in [2.24, 2.45) is 0 Å². The van der Waals surface area contributed by atoms with E-state index in [9.17, 15) is 0 Å². The van der Waals surface area contributed by atoms with Crippen LogP contribution in [-0.2, 0) is 0 Å². The Balaban J connectivity index is 2.66. The zero-order chi connectivity index (χ0) is 8.10. The Bertz CT molecular complexity index is 208. The lowest BCUT2D eigenvalue weighted by molar-refractivity contribution is 0.414. The van der Waals surface area contributed by atoms with Gasteiger partial charge >= 0.3 is 0 Å². The Morgan fingerprint density at radius 3 is 2.27 bits per heavy atom. The third-order valence-electron chi connectivity index (χ3n) is 1.24. The first-order valence-electron chi connectivity index (χ1n) is 3.21. The second kappa shape index (κ2) is 4.57. The van der Waals surface area contributed by atoms with Gasteiger partial charge in [0.2, 0.25) is 0 Å². The molecule has 0 heterocycles. The van der Waals surface area contributed by atoms with Gasteiger partial charge in [-0.2, -0.15) is 0 Å². The Morgan fingerprint density at radius 1 is 1.18 bits per heavy atom. The van der Waals surface area contributed by atoms with Crippen LogP contribution in [0.3, 0.4) is 0 Å². The SMILES string of the molecule is COc1ccc(SSC)cc1. The van der Waals surface area contributed by atoms with Crippen LogP contribution in [0, 0.1) is 0 Å². The van der Waals surface area contributed by atoms with E-state index >= 15 is 0 Å². The van der Waals surface area contributed by atoms with Crippen molar-refractivity contribution in [3.63, 3.8) is 0 Å². The van der Waals surface area contributed by atoms with Gasteiger partial charge in [-0.3, -0.25) is 0 Å². The molecule has 3 heteroatoms. The van der Waals surface area contributed by atoms with Crippen LogP contribution in [0.4, 0.5) is 0 Å². The second-order valence-corrected chi connectivity index (χ2v) is 4.40. The fourth-order valence-electron chi connectivity index (χ4n) is 0.728. The van der Waals surface area contributed by atoms with E-state index in [2.05, 4.69) is 18.4 Å². The molecule has 0 aliphatic rings.